The first-order valence-corrected chi connectivity index (χ1v) is 9.75. The average Bonchev–Trinajstić information content (AvgIpc) is 3.36. The lowest BCUT2D eigenvalue weighted by Gasteiger charge is -2.15. The standard InChI is InChI=1S/C21H18ClFN4O3/c22-16-8-14(6-7-17(16)23)21(29)24-10-18-25-20(26-30-18)15-9-19(28)27(12-15)11-13-4-2-1-3-5-13/h1-8,15H,9-12H2,(H,24,29)/t15-/m1/s1. The van der Waals surface area contributed by atoms with E-state index in [2.05, 4.69) is 15.5 Å². The van der Waals surface area contributed by atoms with Crippen molar-refractivity contribution in [1.29, 1.82) is 0 Å². The van der Waals surface area contributed by atoms with Gasteiger partial charge in [0.05, 0.1) is 11.6 Å². The molecule has 0 unspecified atom stereocenters. The van der Waals surface area contributed by atoms with Crippen molar-refractivity contribution < 1.29 is 18.5 Å². The molecular weight excluding hydrogens is 411 g/mol. The monoisotopic (exact) mass is 428 g/mol. The molecule has 4 rings (SSSR count). The van der Waals surface area contributed by atoms with E-state index in [4.69, 9.17) is 16.1 Å². The highest BCUT2D eigenvalue weighted by Gasteiger charge is 2.33. The van der Waals surface area contributed by atoms with Crippen LogP contribution in [0.3, 0.4) is 0 Å². The number of aromatic nitrogens is 2. The van der Waals surface area contributed by atoms with Gasteiger partial charge in [-0.2, -0.15) is 4.98 Å². The zero-order valence-electron chi connectivity index (χ0n) is 15.8. The summed E-state index contributed by atoms with van der Waals surface area (Å²) in [5.41, 5.74) is 1.28. The lowest BCUT2D eigenvalue weighted by Crippen LogP contribution is -2.24. The summed E-state index contributed by atoms with van der Waals surface area (Å²) in [5, 5.41) is 6.46. The van der Waals surface area contributed by atoms with E-state index >= 15 is 0 Å². The molecule has 9 heteroatoms. The van der Waals surface area contributed by atoms with Gasteiger partial charge in [0.25, 0.3) is 5.91 Å². The maximum Gasteiger partial charge on any atom is 0.251 e. The maximum atomic E-state index is 13.2. The third-order valence-corrected chi connectivity index (χ3v) is 5.15. The Morgan fingerprint density at radius 3 is 2.83 bits per heavy atom. The lowest BCUT2D eigenvalue weighted by molar-refractivity contribution is -0.128. The number of likely N-dealkylation sites (tertiary alicyclic amines) is 1. The van der Waals surface area contributed by atoms with Crippen LogP contribution in [-0.2, 0) is 17.9 Å². The van der Waals surface area contributed by atoms with E-state index in [1.807, 2.05) is 30.3 Å². The largest absolute Gasteiger partial charge is 0.343 e. The molecule has 0 saturated carbocycles. The van der Waals surface area contributed by atoms with Gasteiger partial charge in [-0.1, -0.05) is 47.1 Å². The molecule has 1 aliphatic rings. The molecule has 30 heavy (non-hydrogen) atoms. The summed E-state index contributed by atoms with van der Waals surface area (Å²) in [7, 11) is 0. The zero-order chi connectivity index (χ0) is 21.1. The smallest absolute Gasteiger partial charge is 0.251 e. The first-order valence-electron chi connectivity index (χ1n) is 9.37. The van der Waals surface area contributed by atoms with Crippen LogP contribution < -0.4 is 5.32 Å². The lowest BCUT2D eigenvalue weighted by atomic mass is 10.1. The highest BCUT2D eigenvalue weighted by molar-refractivity contribution is 6.31. The van der Waals surface area contributed by atoms with Gasteiger partial charge in [-0.3, -0.25) is 9.59 Å². The molecule has 1 aromatic heterocycles. The number of nitrogens with one attached hydrogen (secondary N) is 1. The fourth-order valence-corrected chi connectivity index (χ4v) is 3.48. The van der Waals surface area contributed by atoms with E-state index in [0.717, 1.165) is 11.6 Å². The summed E-state index contributed by atoms with van der Waals surface area (Å²) in [5.74, 6) is -0.501. The summed E-state index contributed by atoms with van der Waals surface area (Å²) in [6.45, 7) is 1.06. The molecule has 3 aromatic rings. The number of carbonyl (C=O) groups is 2. The molecule has 7 nitrogen and oxygen atoms in total. The number of carbonyl (C=O) groups excluding carboxylic acids is 2. The molecule has 2 amide bonds. The van der Waals surface area contributed by atoms with Crippen LogP contribution in [0.15, 0.2) is 53.1 Å². The second kappa shape index (κ2) is 8.62. The predicted molar refractivity (Wildman–Crippen MR) is 106 cm³/mol. The Hall–Kier alpha value is -3.26. The quantitative estimate of drug-likeness (QED) is 0.650. The predicted octanol–water partition coefficient (Wildman–Crippen LogP) is 3.31. The molecule has 2 heterocycles. The van der Waals surface area contributed by atoms with Crippen molar-refractivity contribution in [2.24, 2.45) is 0 Å². The van der Waals surface area contributed by atoms with Crippen molar-refractivity contribution in [2.45, 2.75) is 25.4 Å². The Labute approximate surface area is 176 Å². The van der Waals surface area contributed by atoms with Gasteiger partial charge in [0.2, 0.25) is 11.8 Å². The Morgan fingerprint density at radius 1 is 1.27 bits per heavy atom. The first-order chi connectivity index (χ1) is 14.5. The number of benzene rings is 2. The van der Waals surface area contributed by atoms with E-state index in [-0.39, 0.29) is 34.8 Å². The van der Waals surface area contributed by atoms with Crippen molar-refractivity contribution >= 4 is 23.4 Å². The fourth-order valence-electron chi connectivity index (χ4n) is 3.30. The molecule has 1 saturated heterocycles. The molecule has 1 aliphatic heterocycles. The van der Waals surface area contributed by atoms with Gasteiger partial charge in [-0.25, -0.2) is 4.39 Å². The van der Waals surface area contributed by atoms with Crippen LogP contribution in [0, 0.1) is 5.82 Å². The highest BCUT2D eigenvalue weighted by atomic mass is 35.5. The molecule has 0 aliphatic carbocycles. The topological polar surface area (TPSA) is 88.3 Å². The molecule has 0 radical (unpaired) electrons. The number of hydrogen-bond acceptors (Lipinski definition) is 5. The van der Waals surface area contributed by atoms with Crippen LogP contribution in [0.25, 0.3) is 0 Å². The number of amides is 2. The summed E-state index contributed by atoms with van der Waals surface area (Å²) >= 11 is 5.70. The van der Waals surface area contributed by atoms with Crippen molar-refractivity contribution in [3.63, 3.8) is 0 Å². The van der Waals surface area contributed by atoms with Gasteiger partial charge in [0.1, 0.15) is 5.82 Å². The van der Waals surface area contributed by atoms with Gasteiger partial charge in [0, 0.05) is 31.0 Å². The van der Waals surface area contributed by atoms with Crippen molar-refractivity contribution in [3.8, 4) is 0 Å². The van der Waals surface area contributed by atoms with Crippen molar-refractivity contribution in [3.05, 3.63) is 82.2 Å². The van der Waals surface area contributed by atoms with E-state index in [1.165, 1.54) is 12.1 Å². The molecule has 1 atom stereocenters. The van der Waals surface area contributed by atoms with E-state index in [1.54, 1.807) is 4.90 Å². The molecule has 0 bridgehead atoms. The number of nitrogens with zero attached hydrogens (tertiary/aromatic N) is 3. The molecule has 154 valence electrons. The van der Waals surface area contributed by atoms with Gasteiger partial charge >= 0.3 is 0 Å². The number of rotatable bonds is 6. The summed E-state index contributed by atoms with van der Waals surface area (Å²) < 4.78 is 18.4. The average molecular weight is 429 g/mol. The van der Waals surface area contributed by atoms with Crippen LogP contribution in [0.2, 0.25) is 5.02 Å². The summed E-state index contributed by atoms with van der Waals surface area (Å²) in [4.78, 5) is 30.6. The van der Waals surface area contributed by atoms with Crippen molar-refractivity contribution in [2.75, 3.05) is 6.54 Å². The second-order valence-corrected chi connectivity index (χ2v) is 7.43. The SMILES string of the molecule is O=C(NCc1nc([C@@H]2CC(=O)N(Cc3ccccc3)C2)no1)c1ccc(F)c(Cl)c1. The Morgan fingerprint density at radius 2 is 2.07 bits per heavy atom. The molecule has 2 aromatic carbocycles. The van der Waals surface area contributed by atoms with E-state index in [9.17, 15) is 14.0 Å². The zero-order valence-corrected chi connectivity index (χ0v) is 16.6. The van der Waals surface area contributed by atoms with Gasteiger partial charge in [-0.05, 0) is 23.8 Å². The number of halogens is 2. The third kappa shape index (κ3) is 4.49. The highest BCUT2D eigenvalue weighted by Crippen LogP contribution is 2.27. The minimum Gasteiger partial charge on any atom is -0.343 e. The molecule has 1 N–H and O–H groups in total. The van der Waals surface area contributed by atoms with Crippen LogP contribution in [0.5, 0.6) is 0 Å². The van der Waals surface area contributed by atoms with Crippen LogP contribution >= 0.6 is 11.6 Å². The van der Waals surface area contributed by atoms with Crippen LogP contribution in [-0.4, -0.2) is 33.4 Å². The van der Waals surface area contributed by atoms with Crippen LogP contribution in [0.1, 0.15) is 40.0 Å². The van der Waals surface area contributed by atoms with Gasteiger partial charge < -0.3 is 14.7 Å². The van der Waals surface area contributed by atoms with Gasteiger partial charge in [0.15, 0.2) is 5.82 Å². The minimum atomic E-state index is -0.595. The Balaban J connectivity index is 1.34. The Kier molecular flexibility index (Phi) is 5.76. The summed E-state index contributed by atoms with van der Waals surface area (Å²) in [6.07, 6.45) is 0.312. The summed E-state index contributed by atoms with van der Waals surface area (Å²) in [6, 6.07) is 13.5. The van der Waals surface area contributed by atoms with E-state index < -0.39 is 11.7 Å². The first kappa shape index (κ1) is 20.0. The molecule has 1 fully saturated rings. The molecule has 0 spiro atoms. The number of hydrogen-bond donors (Lipinski definition) is 1. The second-order valence-electron chi connectivity index (χ2n) is 7.02. The van der Waals surface area contributed by atoms with Gasteiger partial charge in [-0.15, -0.1) is 0 Å². The van der Waals surface area contributed by atoms with Crippen LogP contribution in [0.4, 0.5) is 4.39 Å². The van der Waals surface area contributed by atoms with E-state index in [0.29, 0.717) is 25.3 Å². The Bertz CT molecular complexity index is 1070. The van der Waals surface area contributed by atoms with Crippen molar-refractivity contribution in [1.82, 2.24) is 20.4 Å². The minimum absolute atomic E-state index is 0.00915. The fraction of sp³-hybridized carbons (Fsp3) is 0.238. The normalized spacial score (nSPS) is 16.1. The molecular formula is C21H18ClFN4O3. The third-order valence-electron chi connectivity index (χ3n) is 4.86. The maximum absolute atomic E-state index is 13.2.